The van der Waals surface area contributed by atoms with E-state index in [2.05, 4.69) is 35.1 Å². The monoisotopic (exact) mass is 522 g/mol. The average molecular weight is 523 g/mol. The number of carbonyl (C=O) groups is 2. The van der Waals surface area contributed by atoms with Crippen molar-refractivity contribution in [1.29, 1.82) is 0 Å². The number of nitrogens with zero attached hydrogens (tertiary/aromatic N) is 1. The fourth-order valence-corrected chi connectivity index (χ4v) is 4.18. The summed E-state index contributed by atoms with van der Waals surface area (Å²) in [5, 5.41) is 2.73. The van der Waals surface area contributed by atoms with Crippen molar-refractivity contribution in [2.75, 3.05) is 13.7 Å². The number of halogens is 1. The first-order valence-corrected chi connectivity index (χ1v) is 12.2. The molecule has 0 aliphatic heterocycles. The van der Waals surface area contributed by atoms with Gasteiger partial charge in [-0.2, -0.15) is 0 Å². The summed E-state index contributed by atoms with van der Waals surface area (Å²) in [6, 6.07) is 24.6. The fourth-order valence-electron chi connectivity index (χ4n) is 3.73. The molecule has 0 spiro atoms. The third-order valence-corrected chi connectivity index (χ3v) is 6.16. The lowest BCUT2D eigenvalue weighted by Gasteiger charge is -2.31. The number of rotatable bonds is 10. The molecule has 1 atom stereocenters. The first-order chi connectivity index (χ1) is 16.4. The van der Waals surface area contributed by atoms with Crippen LogP contribution in [0.3, 0.4) is 0 Å². The molecule has 0 aliphatic rings. The molecule has 0 aliphatic carbocycles. The average Bonchev–Trinajstić information content (AvgIpc) is 2.85. The van der Waals surface area contributed by atoms with Crippen molar-refractivity contribution in [1.82, 2.24) is 10.2 Å². The van der Waals surface area contributed by atoms with E-state index in [4.69, 9.17) is 4.74 Å². The van der Waals surface area contributed by atoms with Crippen LogP contribution >= 0.6 is 15.9 Å². The van der Waals surface area contributed by atoms with Crippen molar-refractivity contribution < 1.29 is 14.3 Å². The van der Waals surface area contributed by atoms with E-state index in [1.165, 1.54) is 5.56 Å². The van der Waals surface area contributed by atoms with Gasteiger partial charge in [-0.1, -0.05) is 84.4 Å². The Balaban J connectivity index is 1.84. The summed E-state index contributed by atoms with van der Waals surface area (Å²) >= 11 is 3.49. The standard InChI is InChI=1S/C28H31BrN2O3/c1-20(2)23-12-14-25(15-13-23)34-19-27(32)31(18-22-10-7-11-24(29)16-22)26(28(33)30-3)17-21-8-5-4-6-9-21/h4-16,20,26H,17-19H2,1-3H3,(H,30,33)/t26-/m0/s1. The summed E-state index contributed by atoms with van der Waals surface area (Å²) in [7, 11) is 1.59. The number of ether oxygens (including phenoxy) is 1. The minimum absolute atomic E-state index is 0.155. The molecule has 34 heavy (non-hydrogen) atoms. The smallest absolute Gasteiger partial charge is 0.261 e. The van der Waals surface area contributed by atoms with E-state index in [0.717, 1.165) is 15.6 Å². The highest BCUT2D eigenvalue weighted by Crippen LogP contribution is 2.20. The fraction of sp³-hybridized carbons (Fsp3) is 0.286. The molecule has 6 heteroatoms. The van der Waals surface area contributed by atoms with Crippen molar-refractivity contribution in [2.45, 2.75) is 38.8 Å². The predicted octanol–water partition coefficient (Wildman–Crippen LogP) is 5.34. The molecule has 2 amide bonds. The van der Waals surface area contributed by atoms with Gasteiger partial charge in [-0.05, 0) is 46.9 Å². The van der Waals surface area contributed by atoms with Crippen molar-refractivity contribution in [2.24, 2.45) is 0 Å². The summed E-state index contributed by atoms with van der Waals surface area (Å²) < 4.78 is 6.74. The lowest BCUT2D eigenvalue weighted by atomic mass is 10.0. The van der Waals surface area contributed by atoms with E-state index in [-0.39, 0.29) is 18.4 Å². The van der Waals surface area contributed by atoms with E-state index in [9.17, 15) is 9.59 Å². The van der Waals surface area contributed by atoms with Crippen LogP contribution in [0.15, 0.2) is 83.3 Å². The second-order valence-electron chi connectivity index (χ2n) is 8.48. The van der Waals surface area contributed by atoms with Gasteiger partial charge in [-0.25, -0.2) is 0 Å². The minimum atomic E-state index is -0.675. The van der Waals surface area contributed by atoms with Gasteiger partial charge in [0, 0.05) is 24.5 Å². The molecule has 0 unspecified atom stereocenters. The van der Waals surface area contributed by atoms with Crippen LogP contribution in [0.5, 0.6) is 5.75 Å². The van der Waals surface area contributed by atoms with Gasteiger partial charge >= 0.3 is 0 Å². The summed E-state index contributed by atoms with van der Waals surface area (Å²) in [5.41, 5.74) is 3.11. The van der Waals surface area contributed by atoms with E-state index in [0.29, 0.717) is 24.6 Å². The van der Waals surface area contributed by atoms with Crippen LogP contribution in [0, 0.1) is 0 Å². The van der Waals surface area contributed by atoms with Crippen molar-refractivity contribution in [3.05, 3.63) is 100 Å². The maximum Gasteiger partial charge on any atom is 0.261 e. The first kappa shape index (κ1) is 25.5. The van der Waals surface area contributed by atoms with Gasteiger partial charge < -0.3 is 15.0 Å². The number of hydrogen-bond acceptors (Lipinski definition) is 3. The molecular weight excluding hydrogens is 492 g/mol. The Hall–Kier alpha value is -3.12. The molecule has 0 radical (unpaired) electrons. The SMILES string of the molecule is CNC(=O)[C@H](Cc1ccccc1)N(Cc1cccc(Br)c1)C(=O)COc1ccc(C(C)C)cc1. The lowest BCUT2D eigenvalue weighted by molar-refractivity contribution is -0.142. The molecule has 3 aromatic carbocycles. The Morgan fingerprint density at radius 2 is 1.62 bits per heavy atom. The Bertz CT molecular complexity index is 1080. The number of nitrogens with one attached hydrogen (secondary N) is 1. The van der Waals surface area contributed by atoms with Gasteiger partial charge in [0.15, 0.2) is 6.61 Å². The van der Waals surface area contributed by atoms with Crippen LogP contribution in [0.1, 0.15) is 36.5 Å². The topological polar surface area (TPSA) is 58.6 Å². The zero-order valence-electron chi connectivity index (χ0n) is 19.8. The van der Waals surface area contributed by atoms with Crippen LogP contribution in [0.2, 0.25) is 0 Å². The summed E-state index contributed by atoms with van der Waals surface area (Å²) in [5.74, 6) is 0.577. The molecule has 5 nitrogen and oxygen atoms in total. The molecule has 0 bridgehead atoms. The highest BCUT2D eigenvalue weighted by atomic mass is 79.9. The number of amides is 2. The number of likely N-dealkylation sites (N-methyl/N-ethyl adjacent to an activating group) is 1. The quantitative estimate of drug-likeness (QED) is 0.391. The van der Waals surface area contributed by atoms with Gasteiger partial charge in [0.1, 0.15) is 11.8 Å². The van der Waals surface area contributed by atoms with Gasteiger partial charge in [-0.3, -0.25) is 9.59 Å². The molecule has 0 heterocycles. The molecule has 1 N–H and O–H groups in total. The lowest BCUT2D eigenvalue weighted by Crippen LogP contribution is -2.51. The van der Waals surface area contributed by atoms with Crippen LogP contribution < -0.4 is 10.1 Å². The largest absolute Gasteiger partial charge is 0.484 e. The Morgan fingerprint density at radius 1 is 0.941 bits per heavy atom. The zero-order chi connectivity index (χ0) is 24.5. The Morgan fingerprint density at radius 3 is 2.24 bits per heavy atom. The number of carbonyl (C=O) groups excluding carboxylic acids is 2. The highest BCUT2D eigenvalue weighted by molar-refractivity contribution is 9.10. The van der Waals surface area contributed by atoms with Crippen molar-refractivity contribution in [3.8, 4) is 5.75 Å². The maximum atomic E-state index is 13.4. The third-order valence-electron chi connectivity index (χ3n) is 5.67. The summed E-state index contributed by atoms with van der Waals surface area (Å²) in [6.07, 6.45) is 0.406. The van der Waals surface area contributed by atoms with E-state index in [1.807, 2.05) is 78.9 Å². The molecule has 0 saturated carbocycles. The van der Waals surface area contributed by atoms with Gasteiger partial charge in [0.25, 0.3) is 5.91 Å². The Labute approximate surface area is 210 Å². The van der Waals surface area contributed by atoms with Crippen molar-refractivity contribution in [3.63, 3.8) is 0 Å². The van der Waals surface area contributed by atoms with Crippen LogP contribution in [0.25, 0.3) is 0 Å². The van der Waals surface area contributed by atoms with Gasteiger partial charge in [-0.15, -0.1) is 0 Å². The summed E-state index contributed by atoms with van der Waals surface area (Å²) in [6.45, 7) is 4.39. The van der Waals surface area contributed by atoms with Gasteiger partial charge in [0.2, 0.25) is 5.91 Å². The molecular formula is C28H31BrN2O3. The number of hydrogen-bond donors (Lipinski definition) is 1. The maximum absolute atomic E-state index is 13.4. The zero-order valence-corrected chi connectivity index (χ0v) is 21.4. The minimum Gasteiger partial charge on any atom is -0.484 e. The summed E-state index contributed by atoms with van der Waals surface area (Å²) in [4.78, 5) is 28.0. The molecule has 0 saturated heterocycles. The predicted molar refractivity (Wildman–Crippen MR) is 139 cm³/mol. The normalized spacial score (nSPS) is 11.7. The van der Waals surface area contributed by atoms with E-state index in [1.54, 1.807) is 11.9 Å². The molecule has 178 valence electrons. The first-order valence-electron chi connectivity index (χ1n) is 11.4. The molecule has 3 rings (SSSR count). The molecule has 0 aromatic heterocycles. The third kappa shape index (κ3) is 7.19. The van der Waals surface area contributed by atoms with Crippen LogP contribution in [-0.2, 0) is 22.6 Å². The van der Waals surface area contributed by atoms with Crippen molar-refractivity contribution >= 4 is 27.7 Å². The Kier molecular flexibility index (Phi) is 9.28. The second kappa shape index (κ2) is 12.4. The molecule has 0 fully saturated rings. The van der Waals surface area contributed by atoms with E-state index >= 15 is 0 Å². The second-order valence-corrected chi connectivity index (χ2v) is 9.40. The highest BCUT2D eigenvalue weighted by Gasteiger charge is 2.30. The number of benzene rings is 3. The van der Waals surface area contributed by atoms with Gasteiger partial charge in [0.05, 0.1) is 0 Å². The van der Waals surface area contributed by atoms with E-state index < -0.39 is 6.04 Å². The van der Waals surface area contributed by atoms with Crippen LogP contribution in [0.4, 0.5) is 0 Å². The molecule has 3 aromatic rings. The van der Waals surface area contributed by atoms with Crippen LogP contribution in [-0.4, -0.2) is 36.4 Å².